The van der Waals surface area contributed by atoms with E-state index in [1.807, 2.05) is 24.3 Å². The van der Waals surface area contributed by atoms with Crippen molar-refractivity contribution in [3.63, 3.8) is 0 Å². The average Bonchev–Trinajstić information content (AvgIpc) is 3.09. The molecule has 0 unspecified atom stereocenters. The van der Waals surface area contributed by atoms with E-state index in [2.05, 4.69) is 10.6 Å². The zero-order chi connectivity index (χ0) is 15.9. The van der Waals surface area contributed by atoms with E-state index in [1.165, 1.54) is 25.7 Å². The molecule has 0 atom stereocenters. The van der Waals surface area contributed by atoms with E-state index in [4.69, 9.17) is 4.74 Å². The molecule has 3 rings (SSSR count). The average molecular weight is 316 g/mol. The molecule has 0 radical (unpaired) electrons. The molecule has 0 spiro atoms. The summed E-state index contributed by atoms with van der Waals surface area (Å²) in [6.45, 7) is 2.18. The van der Waals surface area contributed by atoms with Gasteiger partial charge in [-0.25, -0.2) is 0 Å². The zero-order valence-corrected chi connectivity index (χ0v) is 13.9. The van der Waals surface area contributed by atoms with Crippen molar-refractivity contribution in [1.82, 2.24) is 5.32 Å². The van der Waals surface area contributed by atoms with Crippen molar-refractivity contribution in [1.29, 1.82) is 0 Å². The van der Waals surface area contributed by atoms with Crippen molar-refractivity contribution in [2.24, 2.45) is 5.92 Å². The first-order chi connectivity index (χ1) is 11.3. The Labute approximate surface area is 139 Å². The molecule has 2 fully saturated rings. The summed E-state index contributed by atoms with van der Waals surface area (Å²) in [6.07, 6.45) is 9.25. The highest BCUT2D eigenvalue weighted by Gasteiger charge is 2.17. The fourth-order valence-electron chi connectivity index (χ4n) is 3.54. The lowest BCUT2D eigenvalue weighted by Gasteiger charge is -2.22. The van der Waals surface area contributed by atoms with Gasteiger partial charge >= 0.3 is 0 Å². The number of anilines is 1. The summed E-state index contributed by atoms with van der Waals surface area (Å²) in [5.74, 6) is 1.72. The lowest BCUT2D eigenvalue weighted by molar-refractivity contribution is -0.116. The summed E-state index contributed by atoms with van der Waals surface area (Å²) in [5, 5.41) is 6.35. The number of rotatable bonds is 6. The Bertz CT molecular complexity index is 489. The summed E-state index contributed by atoms with van der Waals surface area (Å²) in [4.78, 5) is 12.1. The summed E-state index contributed by atoms with van der Waals surface area (Å²) >= 11 is 0. The molecule has 1 saturated heterocycles. The van der Waals surface area contributed by atoms with Crippen LogP contribution < -0.4 is 15.4 Å². The number of hydrogen-bond acceptors (Lipinski definition) is 3. The van der Waals surface area contributed by atoms with Gasteiger partial charge in [0.25, 0.3) is 0 Å². The van der Waals surface area contributed by atoms with Crippen LogP contribution in [0.2, 0.25) is 0 Å². The molecule has 0 aromatic heterocycles. The fraction of sp³-hybridized carbons (Fsp3) is 0.632. The smallest absolute Gasteiger partial charge is 0.224 e. The van der Waals surface area contributed by atoms with E-state index < -0.39 is 0 Å². The van der Waals surface area contributed by atoms with Crippen LogP contribution >= 0.6 is 0 Å². The monoisotopic (exact) mass is 316 g/mol. The molecule has 1 aliphatic heterocycles. The standard InChI is InChI=1S/C19H28N2O2/c22-19(10-5-15-11-13-20-14-12-15)21-16-6-8-18(9-7-16)23-17-3-1-2-4-17/h6-9,15,17,20H,1-5,10-14H2,(H,21,22). The van der Waals surface area contributed by atoms with Crippen molar-refractivity contribution in [2.45, 2.75) is 57.5 Å². The summed E-state index contributed by atoms with van der Waals surface area (Å²) in [6, 6.07) is 7.79. The second kappa shape index (κ2) is 8.34. The van der Waals surface area contributed by atoms with Gasteiger partial charge in [-0.1, -0.05) is 0 Å². The highest BCUT2D eigenvalue weighted by molar-refractivity contribution is 5.90. The van der Waals surface area contributed by atoms with Gasteiger partial charge in [0.05, 0.1) is 6.10 Å². The maximum atomic E-state index is 12.1. The van der Waals surface area contributed by atoms with Crippen molar-refractivity contribution in [3.05, 3.63) is 24.3 Å². The third-order valence-electron chi connectivity index (χ3n) is 4.98. The molecule has 1 aliphatic carbocycles. The van der Waals surface area contributed by atoms with Crippen molar-refractivity contribution in [2.75, 3.05) is 18.4 Å². The predicted molar refractivity (Wildman–Crippen MR) is 92.8 cm³/mol. The first-order valence-corrected chi connectivity index (χ1v) is 9.07. The van der Waals surface area contributed by atoms with Gasteiger partial charge < -0.3 is 15.4 Å². The molecule has 1 heterocycles. The number of carbonyl (C=O) groups is 1. The van der Waals surface area contributed by atoms with Crippen molar-refractivity contribution in [3.8, 4) is 5.75 Å². The van der Waals surface area contributed by atoms with Crippen LogP contribution in [0.5, 0.6) is 5.75 Å². The minimum atomic E-state index is 0.119. The fourth-order valence-corrected chi connectivity index (χ4v) is 3.54. The second-order valence-electron chi connectivity index (χ2n) is 6.83. The van der Waals surface area contributed by atoms with Gasteiger partial charge in [0.15, 0.2) is 0 Å². The van der Waals surface area contributed by atoms with E-state index in [-0.39, 0.29) is 5.91 Å². The van der Waals surface area contributed by atoms with Crippen LogP contribution in [0.25, 0.3) is 0 Å². The van der Waals surface area contributed by atoms with E-state index in [0.29, 0.717) is 18.4 Å². The summed E-state index contributed by atoms with van der Waals surface area (Å²) in [5.41, 5.74) is 0.860. The molecule has 126 valence electrons. The molecule has 4 nitrogen and oxygen atoms in total. The van der Waals surface area contributed by atoms with Gasteiger partial charge in [0.2, 0.25) is 5.91 Å². The minimum Gasteiger partial charge on any atom is -0.490 e. The van der Waals surface area contributed by atoms with Crippen LogP contribution in [0.4, 0.5) is 5.69 Å². The largest absolute Gasteiger partial charge is 0.490 e. The Kier molecular flexibility index (Phi) is 5.92. The highest BCUT2D eigenvalue weighted by atomic mass is 16.5. The summed E-state index contributed by atoms with van der Waals surface area (Å²) < 4.78 is 5.94. The lowest BCUT2D eigenvalue weighted by atomic mass is 9.93. The zero-order valence-electron chi connectivity index (χ0n) is 13.9. The van der Waals surface area contributed by atoms with E-state index in [9.17, 15) is 4.79 Å². The van der Waals surface area contributed by atoms with Gasteiger partial charge in [-0.15, -0.1) is 0 Å². The van der Waals surface area contributed by atoms with Crippen molar-refractivity contribution < 1.29 is 9.53 Å². The first kappa shape index (κ1) is 16.3. The Hall–Kier alpha value is -1.55. The number of amides is 1. The highest BCUT2D eigenvalue weighted by Crippen LogP contribution is 2.25. The molecule has 1 aromatic carbocycles. The van der Waals surface area contributed by atoms with Crippen LogP contribution in [0.1, 0.15) is 51.4 Å². The molecular weight excluding hydrogens is 288 g/mol. The van der Waals surface area contributed by atoms with Gasteiger partial charge in [-0.2, -0.15) is 0 Å². The Morgan fingerprint density at radius 1 is 1.09 bits per heavy atom. The van der Waals surface area contributed by atoms with Gasteiger partial charge in [-0.05, 0) is 88.2 Å². The topological polar surface area (TPSA) is 50.4 Å². The van der Waals surface area contributed by atoms with E-state index >= 15 is 0 Å². The maximum Gasteiger partial charge on any atom is 0.224 e. The SMILES string of the molecule is O=C(CCC1CCNCC1)Nc1ccc(OC2CCCC2)cc1. The molecule has 23 heavy (non-hydrogen) atoms. The molecule has 1 aromatic rings. The Morgan fingerprint density at radius 2 is 1.78 bits per heavy atom. The molecule has 2 aliphatic rings. The molecular formula is C19H28N2O2. The molecule has 1 saturated carbocycles. The molecule has 4 heteroatoms. The van der Waals surface area contributed by atoms with Crippen molar-refractivity contribution >= 4 is 11.6 Å². The second-order valence-corrected chi connectivity index (χ2v) is 6.83. The normalized spacial score (nSPS) is 19.7. The molecule has 1 amide bonds. The third-order valence-corrected chi connectivity index (χ3v) is 4.98. The minimum absolute atomic E-state index is 0.119. The van der Waals surface area contributed by atoms with Crippen LogP contribution in [-0.2, 0) is 4.79 Å². The number of benzene rings is 1. The number of ether oxygens (including phenoxy) is 1. The number of piperidine rings is 1. The van der Waals surface area contributed by atoms with E-state index in [1.54, 1.807) is 0 Å². The van der Waals surface area contributed by atoms with Gasteiger partial charge in [0.1, 0.15) is 5.75 Å². The van der Waals surface area contributed by atoms with Crippen LogP contribution in [0, 0.1) is 5.92 Å². The predicted octanol–water partition coefficient (Wildman–Crippen LogP) is 3.73. The number of carbonyl (C=O) groups excluding carboxylic acids is 1. The Balaban J connectivity index is 1.40. The van der Waals surface area contributed by atoms with Crippen LogP contribution in [-0.4, -0.2) is 25.1 Å². The first-order valence-electron chi connectivity index (χ1n) is 9.07. The van der Waals surface area contributed by atoms with Gasteiger partial charge in [0, 0.05) is 12.1 Å². The quantitative estimate of drug-likeness (QED) is 0.841. The van der Waals surface area contributed by atoms with Crippen LogP contribution in [0.3, 0.4) is 0 Å². The van der Waals surface area contributed by atoms with Crippen LogP contribution in [0.15, 0.2) is 24.3 Å². The number of nitrogens with one attached hydrogen (secondary N) is 2. The molecule has 0 bridgehead atoms. The van der Waals surface area contributed by atoms with E-state index in [0.717, 1.165) is 43.8 Å². The Morgan fingerprint density at radius 3 is 2.48 bits per heavy atom. The third kappa shape index (κ3) is 5.24. The number of hydrogen-bond donors (Lipinski definition) is 2. The maximum absolute atomic E-state index is 12.1. The summed E-state index contributed by atoms with van der Waals surface area (Å²) in [7, 11) is 0. The van der Waals surface area contributed by atoms with Gasteiger partial charge in [-0.3, -0.25) is 4.79 Å². The lowest BCUT2D eigenvalue weighted by Crippen LogP contribution is -2.28. The molecule has 2 N–H and O–H groups in total.